The topological polar surface area (TPSA) is 41.6 Å². The van der Waals surface area contributed by atoms with E-state index in [9.17, 15) is 13.6 Å². The van der Waals surface area contributed by atoms with Crippen LogP contribution in [0.15, 0.2) is 18.2 Å². The average molecular weight is 310 g/mol. The first-order chi connectivity index (χ1) is 10.6. The van der Waals surface area contributed by atoms with Gasteiger partial charge in [-0.2, -0.15) is 0 Å². The molecule has 0 radical (unpaired) electrons. The molecule has 1 aliphatic carbocycles. The molecule has 1 aliphatic heterocycles. The van der Waals surface area contributed by atoms with E-state index in [0.717, 1.165) is 19.1 Å². The zero-order chi connectivity index (χ0) is 15.5. The van der Waals surface area contributed by atoms with E-state index in [4.69, 9.17) is 4.74 Å². The summed E-state index contributed by atoms with van der Waals surface area (Å²) in [5, 5.41) is 2.67. The predicted octanol–water partition coefficient (Wildman–Crippen LogP) is 2.68. The first-order valence-electron chi connectivity index (χ1n) is 7.70. The number of halogens is 2. The maximum Gasteiger partial charge on any atom is 0.317 e. The van der Waals surface area contributed by atoms with Crippen LogP contribution in [0.4, 0.5) is 13.6 Å². The molecule has 1 saturated carbocycles. The van der Waals surface area contributed by atoms with Gasteiger partial charge in [-0.3, -0.25) is 0 Å². The fraction of sp³-hybridized carbons (Fsp3) is 0.562. The van der Waals surface area contributed by atoms with Crippen molar-refractivity contribution in [1.29, 1.82) is 0 Å². The maximum atomic E-state index is 13.5. The van der Waals surface area contributed by atoms with Crippen molar-refractivity contribution in [2.45, 2.75) is 31.9 Å². The predicted molar refractivity (Wildman–Crippen MR) is 77.2 cm³/mol. The van der Waals surface area contributed by atoms with E-state index in [1.807, 2.05) is 0 Å². The fourth-order valence-corrected chi connectivity index (χ4v) is 2.55. The lowest BCUT2D eigenvalue weighted by Crippen LogP contribution is -2.38. The maximum absolute atomic E-state index is 13.5. The van der Waals surface area contributed by atoms with Crippen LogP contribution in [0, 0.1) is 17.6 Å². The minimum absolute atomic E-state index is 0.0506. The average Bonchev–Trinajstić information content (AvgIpc) is 3.20. The van der Waals surface area contributed by atoms with Crippen LogP contribution >= 0.6 is 0 Å². The summed E-state index contributed by atoms with van der Waals surface area (Å²) in [6.45, 7) is 2.06. The molecule has 1 unspecified atom stereocenters. The summed E-state index contributed by atoms with van der Waals surface area (Å²) in [6, 6.07) is 3.11. The number of benzene rings is 1. The molecule has 4 nitrogen and oxygen atoms in total. The third-order valence-corrected chi connectivity index (χ3v) is 4.14. The molecule has 1 heterocycles. The van der Waals surface area contributed by atoms with E-state index >= 15 is 0 Å². The van der Waals surface area contributed by atoms with Crippen molar-refractivity contribution in [3.05, 3.63) is 35.4 Å². The van der Waals surface area contributed by atoms with Gasteiger partial charge in [0.25, 0.3) is 0 Å². The van der Waals surface area contributed by atoms with Crippen LogP contribution in [0.25, 0.3) is 0 Å². The van der Waals surface area contributed by atoms with Crippen molar-refractivity contribution in [3.8, 4) is 0 Å². The lowest BCUT2D eigenvalue weighted by molar-refractivity contribution is 0.0538. The normalized spacial score (nSPS) is 21.2. The highest BCUT2D eigenvalue weighted by atomic mass is 19.1. The minimum Gasteiger partial charge on any atom is -0.376 e. The number of carbonyl (C=O) groups is 1. The number of carbonyl (C=O) groups excluding carboxylic acids is 1. The molecule has 1 atom stereocenters. The first kappa shape index (κ1) is 15.2. The second-order valence-corrected chi connectivity index (χ2v) is 6.03. The van der Waals surface area contributed by atoms with Crippen LogP contribution in [0.2, 0.25) is 0 Å². The number of hydrogen-bond acceptors (Lipinski definition) is 2. The van der Waals surface area contributed by atoms with Crippen LogP contribution in [0.5, 0.6) is 0 Å². The molecule has 1 N–H and O–H groups in total. The van der Waals surface area contributed by atoms with Gasteiger partial charge in [0.1, 0.15) is 11.6 Å². The Morgan fingerprint density at radius 1 is 1.32 bits per heavy atom. The van der Waals surface area contributed by atoms with Crippen LogP contribution in [-0.4, -0.2) is 36.7 Å². The fourth-order valence-electron chi connectivity index (χ4n) is 2.55. The molecule has 0 aromatic heterocycles. The Bertz CT molecular complexity index is 549. The van der Waals surface area contributed by atoms with E-state index < -0.39 is 11.6 Å². The van der Waals surface area contributed by atoms with Crippen LogP contribution < -0.4 is 5.32 Å². The number of nitrogens with zero attached hydrogens (tertiary/aromatic N) is 1. The Balaban J connectivity index is 1.43. The molecule has 6 heteroatoms. The number of nitrogens with one attached hydrogen (secondary N) is 1. The molecule has 3 rings (SSSR count). The summed E-state index contributed by atoms with van der Waals surface area (Å²) in [5.74, 6) is -0.556. The molecule has 1 aromatic rings. The Kier molecular flexibility index (Phi) is 4.57. The van der Waals surface area contributed by atoms with Gasteiger partial charge in [0, 0.05) is 37.9 Å². The highest BCUT2D eigenvalue weighted by Crippen LogP contribution is 2.30. The van der Waals surface area contributed by atoms with Crippen molar-refractivity contribution in [1.82, 2.24) is 10.2 Å². The molecule has 1 saturated heterocycles. The van der Waals surface area contributed by atoms with Gasteiger partial charge in [-0.25, -0.2) is 13.6 Å². The molecule has 120 valence electrons. The molecule has 0 bridgehead atoms. The van der Waals surface area contributed by atoms with Gasteiger partial charge in [0.05, 0.1) is 6.10 Å². The smallest absolute Gasteiger partial charge is 0.317 e. The number of ether oxygens (including phenoxy) is 1. The number of hydrogen-bond donors (Lipinski definition) is 1. The van der Waals surface area contributed by atoms with Gasteiger partial charge < -0.3 is 15.0 Å². The van der Waals surface area contributed by atoms with E-state index in [-0.39, 0.29) is 24.2 Å². The third-order valence-electron chi connectivity index (χ3n) is 4.14. The summed E-state index contributed by atoms with van der Waals surface area (Å²) >= 11 is 0. The molecule has 2 amide bonds. The molecule has 2 fully saturated rings. The zero-order valence-electron chi connectivity index (χ0n) is 12.4. The molecule has 22 heavy (non-hydrogen) atoms. The summed E-state index contributed by atoms with van der Waals surface area (Å²) in [6.07, 6.45) is 3.44. The lowest BCUT2D eigenvalue weighted by Gasteiger charge is -2.17. The highest BCUT2D eigenvalue weighted by Gasteiger charge is 2.29. The third kappa shape index (κ3) is 3.94. The zero-order valence-corrected chi connectivity index (χ0v) is 12.4. The molecular formula is C16H20F2N2O2. The quantitative estimate of drug-likeness (QED) is 0.908. The summed E-state index contributed by atoms with van der Waals surface area (Å²) < 4.78 is 32.1. The van der Waals surface area contributed by atoms with E-state index in [1.54, 1.807) is 4.90 Å². The Morgan fingerprint density at radius 2 is 2.14 bits per heavy atom. The van der Waals surface area contributed by atoms with Gasteiger partial charge in [-0.15, -0.1) is 0 Å². The van der Waals surface area contributed by atoms with Crippen molar-refractivity contribution >= 4 is 6.03 Å². The first-order valence-corrected chi connectivity index (χ1v) is 7.70. The van der Waals surface area contributed by atoms with Gasteiger partial charge in [-0.1, -0.05) is 6.07 Å². The second kappa shape index (κ2) is 6.60. The van der Waals surface area contributed by atoms with Gasteiger partial charge >= 0.3 is 6.03 Å². The van der Waals surface area contributed by atoms with Crippen molar-refractivity contribution < 1.29 is 18.3 Å². The summed E-state index contributed by atoms with van der Waals surface area (Å²) in [4.78, 5) is 13.7. The molecule has 2 aliphatic rings. The van der Waals surface area contributed by atoms with Crippen molar-refractivity contribution in [2.24, 2.45) is 5.92 Å². The minimum atomic E-state index is -0.646. The number of amides is 2. The summed E-state index contributed by atoms with van der Waals surface area (Å²) in [7, 11) is 0. The van der Waals surface area contributed by atoms with Gasteiger partial charge in [0.15, 0.2) is 0 Å². The lowest BCUT2D eigenvalue weighted by atomic mass is 10.2. The van der Waals surface area contributed by atoms with E-state index in [1.165, 1.54) is 25.0 Å². The number of rotatable bonds is 5. The van der Waals surface area contributed by atoms with Crippen LogP contribution in [0.1, 0.15) is 24.8 Å². The SMILES string of the molecule is O=C(NCc1ccc(F)cc1F)N1CCC(OCC2CC2)C1. The summed E-state index contributed by atoms with van der Waals surface area (Å²) in [5.41, 5.74) is 0.274. The van der Waals surface area contributed by atoms with Crippen LogP contribution in [-0.2, 0) is 11.3 Å². The molecular weight excluding hydrogens is 290 g/mol. The van der Waals surface area contributed by atoms with E-state index in [0.29, 0.717) is 19.0 Å². The highest BCUT2D eigenvalue weighted by molar-refractivity contribution is 5.74. The molecule has 1 aromatic carbocycles. The van der Waals surface area contributed by atoms with Crippen molar-refractivity contribution in [3.63, 3.8) is 0 Å². The number of urea groups is 1. The Morgan fingerprint density at radius 3 is 2.86 bits per heavy atom. The second-order valence-electron chi connectivity index (χ2n) is 6.03. The Labute approximate surface area is 128 Å². The molecule has 0 spiro atoms. The largest absolute Gasteiger partial charge is 0.376 e. The number of likely N-dealkylation sites (tertiary alicyclic amines) is 1. The monoisotopic (exact) mass is 310 g/mol. The standard InChI is InChI=1S/C16H20F2N2O2/c17-13-4-3-12(15(18)7-13)8-19-16(21)20-6-5-14(9-20)22-10-11-1-2-11/h3-4,7,11,14H,1-2,5-6,8-10H2,(H,19,21). The van der Waals surface area contributed by atoms with Crippen molar-refractivity contribution in [2.75, 3.05) is 19.7 Å². The van der Waals surface area contributed by atoms with Gasteiger partial charge in [-0.05, 0) is 31.2 Å². The Hall–Kier alpha value is -1.69. The van der Waals surface area contributed by atoms with E-state index in [2.05, 4.69) is 5.32 Å². The van der Waals surface area contributed by atoms with Gasteiger partial charge in [0.2, 0.25) is 0 Å². The van der Waals surface area contributed by atoms with Crippen LogP contribution in [0.3, 0.4) is 0 Å².